The number of nitrogens with one attached hydrogen (secondary N) is 1. The molecule has 5 nitrogen and oxygen atoms in total. The standard InChI is InChI=1S/C10H11N3.CO2/c1-2-8-7-10(13-12-8)9-5-3-4-6-11-9;2-1-3/h3-7H,2H2,1H3,(H,12,13);. The zero-order chi connectivity index (χ0) is 11.8. The molecule has 0 bridgehead atoms. The first kappa shape index (κ1) is 11.8. The van der Waals surface area contributed by atoms with Crippen molar-refractivity contribution in [2.75, 3.05) is 0 Å². The first-order valence-corrected chi connectivity index (χ1v) is 4.76. The highest BCUT2D eigenvalue weighted by molar-refractivity contribution is 5.53. The molecular weight excluding hydrogens is 206 g/mol. The lowest BCUT2D eigenvalue weighted by Crippen LogP contribution is -1.80. The van der Waals surface area contributed by atoms with E-state index in [4.69, 9.17) is 9.59 Å². The van der Waals surface area contributed by atoms with Gasteiger partial charge < -0.3 is 0 Å². The van der Waals surface area contributed by atoms with Gasteiger partial charge in [-0.15, -0.1) is 0 Å². The summed E-state index contributed by atoms with van der Waals surface area (Å²) in [6, 6.07) is 7.84. The summed E-state index contributed by atoms with van der Waals surface area (Å²) in [4.78, 5) is 20.5. The molecule has 1 N–H and O–H groups in total. The number of aromatic nitrogens is 3. The van der Waals surface area contributed by atoms with E-state index in [-0.39, 0.29) is 6.15 Å². The molecule has 82 valence electrons. The minimum Gasteiger partial charge on any atom is -0.282 e. The summed E-state index contributed by atoms with van der Waals surface area (Å²) in [5.41, 5.74) is 2.97. The van der Waals surface area contributed by atoms with Gasteiger partial charge in [0, 0.05) is 11.9 Å². The van der Waals surface area contributed by atoms with Crippen molar-refractivity contribution in [2.24, 2.45) is 0 Å². The zero-order valence-corrected chi connectivity index (χ0v) is 8.80. The van der Waals surface area contributed by atoms with Gasteiger partial charge in [0.25, 0.3) is 0 Å². The number of rotatable bonds is 2. The predicted octanol–water partition coefficient (Wildman–Crippen LogP) is 1.45. The van der Waals surface area contributed by atoms with E-state index >= 15 is 0 Å². The Labute approximate surface area is 92.5 Å². The van der Waals surface area contributed by atoms with Crippen LogP contribution < -0.4 is 0 Å². The second-order valence-corrected chi connectivity index (χ2v) is 2.93. The smallest absolute Gasteiger partial charge is 0.282 e. The van der Waals surface area contributed by atoms with Gasteiger partial charge in [-0.05, 0) is 24.6 Å². The number of carbonyl (C=O) groups excluding carboxylic acids is 2. The first-order chi connectivity index (χ1) is 7.81. The van der Waals surface area contributed by atoms with Gasteiger partial charge in [-0.2, -0.15) is 14.7 Å². The molecule has 2 rings (SSSR count). The minimum absolute atomic E-state index is 0.250. The molecule has 16 heavy (non-hydrogen) atoms. The topological polar surface area (TPSA) is 75.7 Å². The molecule has 0 aliphatic heterocycles. The van der Waals surface area contributed by atoms with Crippen LogP contribution in [0.1, 0.15) is 12.6 Å². The Morgan fingerprint density at radius 2 is 2.06 bits per heavy atom. The van der Waals surface area contributed by atoms with Crippen LogP contribution in [0.2, 0.25) is 0 Å². The largest absolute Gasteiger partial charge is 0.373 e. The molecule has 0 spiro atoms. The molecule has 0 atom stereocenters. The lowest BCUT2D eigenvalue weighted by atomic mass is 10.2. The Morgan fingerprint density at radius 3 is 2.56 bits per heavy atom. The molecule has 0 saturated heterocycles. The second kappa shape index (κ2) is 6.27. The SMILES string of the molecule is CCc1cc(-c2ccccn2)n[nH]1.O=C=O. The molecule has 2 aromatic rings. The van der Waals surface area contributed by atoms with E-state index in [1.165, 1.54) is 0 Å². The number of aryl methyl sites for hydroxylation is 1. The summed E-state index contributed by atoms with van der Waals surface area (Å²) >= 11 is 0. The van der Waals surface area contributed by atoms with Crippen LogP contribution in [-0.2, 0) is 16.0 Å². The summed E-state index contributed by atoms with van der Waals surface area (Å²) in [5.74, 6) is 0. The Bertz CT molecular complexity index is 459. The molecule has 2 heterocycles. The zero-order valence-electron chi connectivity index (χ0n) is 8.80. The van der Waals surface area contributed by atoms with Gasteiger partial charge >= 0.3 is 6.15 Å². The number of hydrogen-bond donors (Lipinski definition) is 1. The van der Waals surface area contributed by atoms with Crippen molar-refractivity contribution < 1.29 is 9.59 Å². The Morgan fingerprint density at radius 1 is 1.31 bits per heavy atom. The molecule has 0 fully saturated rings. The van der Waals surface area contributed by atoms with Crippen molar-refractivity contribution >= 4 is 6.15 Å². The molecule has 0 unspecified atom stereocenters. The van der Waals surface area contributed by atoms with E-state index in [0.29, 0.717) is 0 Å². The quantitative estimate of drug-likeness (QED) is 0.826. The summed E-state index contributed by atoms with van der Waals surface area (Å²) in [6.45, 7) is 2.09. The van der Waals surface area contributed by atoms with E-state index in [2.05, 4.69) is 22.1 Å². The van der Waals surface area contributed by atoms with Crippen molar-refractivity contribution in [1.82, 2.24) is 15.2 Å². The fourth-order valence-electron chi connectivity index (χ4n) is 1.19. The molecule has 2 aromatic heterocycles. The van der Waals surface area contributed by atoms with Gasteiger partial charge in [-0.3, -0.25) is 10.1 Å². The minimum atomic E-state index is 0.250. The fraction of sp³-hybridized carbons (Fsp3) is 0.182. The average Bonchev–Trinajstić information content (AvgIpc) is 2.80. The number of aromatic amines is 1. The molecule has 5 heteroatoms. The maximum absolute atomic E-state index is 8.12. The van der Waals surface area contributed by atoms with Gasteiger partial charge in [-0.25, -0.2) is 0 Å². The second-order valence-electron chi connectivity index (χ2n) is 2.93. The molecule has 0 amide bonds. The first-order valence-electron chi connectivity index (χ1n) is 4.76. The summed E-state index contributed by atoms with van der Waals surface area (Å²) < 4.78 is 0. The van der Waals surface area contributed by atoms with Crippen LogP contribution in [0.4, 0.5) is 0 Å². The van der Waals surface area contributed by atoms with Crippen molar-refractivity contribution in [3.63, 3.8) is 0 Å². The molecule has 0 radical (unpaired) electrons. The van der Waals surface area contributed by atoms with Gasteiger partial charge in [0.05, 0.1) is 5.69 Å². The van der Waals surface area contributed by atoms with Gasteiger partial charge in [0.15, 0.2) is 0 Å². The normalized spacial score (nSPS) is 8.81. The van der Waals surface area contributed by atoms with Crippen LogP contribution in [0.15, 0.2) is 30.5 Å². The monoisotopic (exact) mass is 217 g/mol. The predicted molar refractivity (Wildman–Crippen MR) is 56.2 cm³/mol. The molecule has 0 aromatic carbocycles. The van der Waals surface area contributed by atoms with E-state index in [9.17, 15) is 0 Å². The Kier molecular flexibility index (Phi) is 4.63. The lowest BCUT2D eigenvalue weighted by molar-refractivity contribution is -0.191. The summed E-state index contributed by atoms with van der Waals surface area (Å²) in [7, 11) is 0. The number of pyridine rings is 1. The van der Waals surface area contributed by atoms with Crippen LogP contribution in [0.3, 0.4) is 0 Å². The summed E-state index contributed by atoms with van der Waals surface area (Å²) in [6.07, 6.45) is 3.00. The third-order valence-corrected chi connectivity index (χ3v) is 1.94. The Balaban J connectivity index is 0.000000386. The van der Waals surface area contributed by atoms with Crippen LogP contribution in [0.5, 0.6) is 0 Å². The lowest BCUT2D eigenvalue weighted by Gasteiger charge is -1.91. The van der Waals surface area contributed by atoms with Crippen molar-refractivity contribution in [2.45, 2.75) is 13.3 Å². The van der Waals surface area contributed by atoms with E-state index in [1.54, 1.807) is 6.20 Å². The van der Waals surface area contributed by atoms with Gasteiger partial charge in [-0.1, -0.05) is 13.0 Å². The van der Waals surface area contributed by atoms with Crippen molar-refractivity contribution in [3.8, 4) is 11.4 Å². The van der Waals surface area contributed by atoms with E-state index < -0.39 is 0 Å². The van der Waals surface area contributed by atoms with Crippen LogP contribution in [-0.4, -0.2) is 21.3 Å². The molecular formula is C11H11N3O2. The average molecular weight is 217 g/mol. The third kappa shape index (κ3) is 3.15. The molecule has 0 saturated carbocycles. The highest BCUT2D eigenvalue weighted by Gasteiger charge is 2.02. The maximum Gasteiger partial charge on any atom is 0.373 e. The van der Waals surface area contributed by atoms with E-state index in [0.717, 1.165) is 23.5 Å². The summed E-state index contributed by atoms with van der Waals surface area (Å²) in [5, 5.41) is 7.13. The van der Waals surface area contributed by atoms with Crippen molar-refractivity contribution in [1.29, 1.82) is 0 Å². The van der Waals surface area contributed by atoms with Gasteiger partial charge in [0.1, 0.15) is 5.69 Å². The number of hydrogen-bond acceptors (Lipinski definition) is 4. The fourth-order valence-corrected chi connectivity index (χ4v) is 1.19. The highest BCUT2D eigenvalue weighted by Crippen LogP contribution is 2.13. The molecule has 0 aliphatic rings. The van der Waals surface area contributed by atoms with E-state index in [1.807, 2.05) is 24.3 Å². The Hall–Kier alpha value is -2.26. The van der Waals surface area contributed by atoms with Crippen LogP contribution in [0.25, 0.3) is 11.4 Å². The highest BCUT2D eigenvalue weighted by atomic mass is 16.2. The molecule has 0 aliphatic carbocycles. The van der Waals surface area contributed by atoms with Crippen LogP contribution in [0, 0.1) is 0 Å². The van der Waals surface area contributed by atoms with Crippen molar-refractivity contribution in [3.05, 3.63) is 36.2 Å². The number of nitrogens with zero attached hydrogens (tertiary/aromatic N) is 2. The van der Waals surface area contributed by atoms with Crippen LogP contribution >= 0.6 is 0 Å². The maximum atomic E-state index is 8.12. The number of H-pyrrole nitrogens is 1. The van der Waals surface area contributed by atoms with Gasteiger partial charge in [0.2, 0.25) is 0 Å². The third-order valence-electron chi connectivity index (χ3n) is 1.94.